The van der Waals surface area contributed by atoms with Gasteiger partial charge in [0.25, 0.3) is 5.56 Å². The number of nitrogens with zero attached hydrogens (tertiary/aromatic N) is 2. The third-order valence-corrected chi connectivity index (χ3v) is 4.74. The zero-order chi connectivity index (χ0) is 17.6. The molecule has 0 bridgehead atoms. The number of carbonyl (C=O) groups excluding carboxylic acids is 2. The highest BCUT2D eigenvalue weighted by Gasteiger charge is 2.29. The lowest BCUT2D eigenvalue weighted by Gasteiger charge is -2.21. The molecular weight excluding hydrogens is 330 g/mol. The molecule has 1 aliphatic rings. The highest BCUT2D eigenvalue weighted by atomic mass is 35.5. The number of halogens is 1. The van der Waals surface area contributed by atoms with Gasteiger partial charge < -0.3 is 4.90 Å². The molecule has 1 aromatic heterocycles. The van der Waals surface area contributed by atoms with E-state index in [1.165, 1.54) is 4.68 Å². The van der Waals surface area contributed by atoms with Crippen LogP contribution in [0.5, 0.6) is 0 Å². The Morgan fingerprint density at radius 2 is 1.96 bits per heavy atom. The number of aromatic amines is 1. The summed E-state index contributed by atoms with van der Waals surface area (Å²) < 4.78 is 1.26. The largest absolute Gasteiger partial charge is 0.311 e. The minimum atomic E-state index is -0.438. The van der Waals surface area contributed by atoms with Crippen molar-refractivity contribution in [2.24, 2.45) is 7.05 Å². The van der Waals surface area contributed by atoms with Crippen molar-refractivity contribution < 1.29 is 9.59 Å². The summed E-state index contributed by atoms with van der Waals surface area (Å²) in [5, 5.41) is 3.03. The summed E-state index contributed by atoms with van der Waals surface area (Å²) in [6, 6.07) is 3.36. The number of H-pyrrole nitrogens is 1. The van der Waals surface area contributed by atoms with Gasteiger partial charge >= 0.3 is 0 Å². The van der Waals surface area contributed by atoms with Gasteiger partial charge in [-0.3, -0.25) is 24.2 Å². The summed E-state index contributed by atoms with van der Waals surface area (Å²) in [6.45, 7) is 4.10. The van der Waals surface area contributed by atoms with Gasteiger partial charge in [-0.25, -0.2) is 0 Å². The van der Waals surface area contributed by atoms with Gasteiger partial charge in [-0.15, -0.1) is 0 Å². The minimum Gasteiger partial charge on any atom is -0.311 e. The van der Waals surface area contributed by atoms with Crippen molar-refractivity contribution in [1.82, 2.24) is 9.78 Å². The Labute approximate surface area is 144 Å². The van der Waals surface area contributed by atoms with Crippen LogP contribution in [-0.2, 0) is 11.8 Å². The van der Waals surface area contributed by atoms with Gasteiger partial charge in [-0.1, -0.05) is 17.7 Å². The zero-order valence-corrected chi connectivity index (χ0v) is 14.5. The number of hydrogen-bond acceptors (Lipinski definition) is 3. The highest BCUT2D eigenvalue weighted by Crippen LogP contribution is 2.36. The van der Waals surface area contributed by atoms with E-state index in [-0.39, 0.29) is 22.1 Å². The maximum Gasteiger partial charge on any atom is 0.277 e. The van der Waals surface area contributed by atoms with E-state index >= 15 is 0 Å². The first-order valence-electron chi connectivity index (χ1n) is 7.72. The van der Waals surface area contributed by atoms with Crippen LogP contribution in [0.25, 0.3) is 0 Å². The third-order valence-electron chi connectivity index (χ3n) is 4.36. The first-order valence-corrected chi connectivity index (χ1v) is 8.10. The van der Waals surface area contributed by atoms with Gasteiger partial charge in [0, 0.05) is 31.3 Å². The zero-order valence-electron chi connectivity index (χ0n) is 13.8. The number of anilines is 1. The summed E-state index contributed by atoms with van der Waals surface area (Å²) in [7, 11) is 1.55. The van der Waals surface area contributed by atoms with Crippen LogP contribution >= 0.6 is 11.6 Å². The van der Waals surface area contributed by atoms with Crippen LogP contribution in [0.2, 0.25) is 5.02 Å². The van der Waals surface area contributed by atoms with Crippen molar-refractivity contribution in [3.05, 3.63) is 49.9 Å². The molecule has 0 unspecified atom stereocenters. The average Bonchev–Trinajstić information content (AvgIpc) is 3.03. The van der Waals surface area contributed by atoms with Gasteiger partial charge in [0.1, 0.15) is 5.56 Å². The second kappa shape index (κ2) is 5.94. The molecule has 1 saturated heterocycles. The van der Waals surface area contributed by atoms with E-state index in [2.05, 4.69) is 5.10 Å². The van der Waals surface area contributed by atoms with Gasteiger partial charge in [0.05, 0.1) is 10.7 Å². The molecule has 1 amide bonds. The van der Waals surface area contributed by atoms with Crippen molar-refractivity contribution in [2.45, 2.75) is 26.7 Å². The molecule has 1 fully saturated rings. The predicted octanol–water partition coefficient (Wildman–Crippen LogP) is 2.34. The van der Waals surface area contributed by atoms with E-state index in [0.717, 1.165) is 12.0 Å². The Hall–Kier alpha value is -2.34. The molecule has 2 aromatic rings. The highest BCUT2D eigenvalue weighted by molar-refractivity contribution is 6.38. The number of amides is 1. The summed E-state index contributed by atoms with van der Waals surface area (Å²) in [4.78, 5) is 38.7. The van der Waals surface area contributed by atoms with E-state index < -0.39 is 11.3 Å². The van der Waals surface area contributed by atoms with Crippen LogP contribution in [0.15, 0.2) is 16.9 Å². The molecule has 3 rings (SSSR count). The Morgan fingerprint density at radius 3 is 2.50 bits per heavy atom. The number of rotatable bonds is 3. The molecule has 126 valence electrons. The summed E-state index contributed by atoms with van der Waals surface area (Å²) >= 11 is 6.48. The average molecular weight is 348 g/mol. The molecule has 0 atom stereocenters. The molecule has 1 N–H and O–H groups in total. The normalized spacial score (nSPS) is 14.5. The summed E-state index contributed by atoms with van der Waals surface area (Å²) in [5.41, 5.74) is 1.79. The third kappa shape index (κ3) is 2.47. The fourth-order valence-corrected chi connectivity index (χ4v) is 3.54. The van der Waals surface area contributed by atoms with Crippen LogP contribution in [0.3, 0.4) is 0 Å². The number of nitrogens with one attached hydrogen (secondary N) is 1. The van der Waals surface area contributed by atoms with Gasteiger partial charge in [0.2, 0.25) is 11.7 Å². The van der Waals surface area contributed by atoms with Gasteiger partial charge in [-0.2, -0.15) is 0 Å². The Kier molecular flexibility index (Phi) is 4.09. The van der Waals surface area contributed by atoms with Crippen LogP contribution in [0.1, 0.15) is 40.0 Å². The van der Waals surface area contributed by atoms with E-state index in [0.29, 0.717) is 24.3 Å². The Balaban J connectivity index is 2.14. The fourth-order valence-electron chi connectivity index (χ4n) is 3.14. The SMILES string of the molecule is Cc1ccc(C(=O)c2c(C)[nH]n(C)c2=O)c(Cl)c1N1CCCC1=O. The van der Waals surface area contributed by atoms with Crippen LogP contribution in [0, 0.1) is 13.8 Å². The lowest BCUT2D eigenvalue weighted by Crippen LogP contribution is -2.26. The number of carbonyl (C=O) groups is 2. The molecular formula is C17H18ClN3O3. The van der Waals surface area contributed by atoms with E-state index in [9.17, 15) is 14.4 Å². The van der Waals surface area contributed by atoms with E-state index in [1.807, 2.05) is 6.92 Å². The Morgan fingerprint density at radius 1 is 1.25 bits per heavy atom. The minimum absolute atomic E-state index is 0.00154. The Bertz CT molecular complexity index is 911. The first-order chi connectivity index (χ1) is 11.3. The van der Waals surface area contributed by atoms with Crippen molar-refractivity contribution in [2.75, 3.05) is 11.4 Å². The quantitative estimate of drug-likeness (QED) is 0.866. The summed E-state index contributed by atoms with van der Waals surface area (Å²) in [5.74, 6) is -0.439. The number of benzene rings is 1. The maximum absolute atomic E-state index is 12.9. The molecule has 0 spiro atoms. The van der Waals surface area contributed by atoms with Crippen molar-refractivity contribution in [1.29, 1.82) is 0 Å². The predicted molar refractivity (Wildman–Crippen MR) is 92.0 cm³/mol. The van der Waals surface area contributed by atoms with Crippen molar-refractivity contribution >= 4 is 29.0 Å². The number of aryl methyl sites for hydroxylation is 3. The molecule has 1 aromatic carbocycles. The molecule has 1 aliphatic heterocycles. The summed E-state index contributed by atoms with van der Waals surface area (Å²) in [6.07, 6.45) is 1.25. The monoisotopic (exact) mass is 347 g/mol. The van der Waals surface area contributed by atoms with Crippen molar-refractivity contribution in [3.8, 4) is 0 Å². The van der Waals surface area contributed by atoms with Crippen LogP contribution in [0.4, 0.5) is 5.69 Å². The number of aromatic nitrogens is 2. The topological polar surface area (TPSA) is 75.2 Å². The molecule has 7 heteroatoms. The fraction of sp³-hybridized carbons (Fsp3) is 0.353. The second-order valence-electron chi connectivity index (χ2n) is 6.05. The van der Waals surface area contributed by atoms with E-state index in [1.54, 1.807) is 31.0 Å². The second-order valence-corrected chi connectivity index (χ2v) is 6.42. The molecule has 2 heterocycles. The molecule has 24 heavy (non-hydrogen) atoms. The first kappa shape index (κ1) is 16.5. The molecule has 0 aliphatic carbocycles. The smallest absolute Gasteiger partial charge is 0.277 e. The lowest BCUT2D eigenvalue weighted by atomic mass is 10.0. The maximum atomic E-state index is 12.9. The van der Waals surface area contributed by atoms with Crippen LogP contribution in [-0.4, -0.2) is 28.0 Å². The molecule has 6 nitrogen and oxygen atoms in total. The molecule has 0 saturated carbocycles. The van der Waals surface area contributed by atoms with Gasteiger partial charge in [0.15, 0.2) is 0 Å². The van der Waals surface area contributed by atoms with Gasteiger partial charge in [-0.05, 0) is 31.9 Å². The van der Waals surface area contributed by atoms with Crippen LogP contribution < -0.4 is 10.5 Å². The number of ketones is 1. The molecule has 0 radical (unpaired) electrons. The standard InChI is InChI=1S/C17H18ClN3O3/c1-9-6-7-11(14(18)15(9)21-8-4-5-12(21)22)16(23)13-10(2)19-20(3)17(13)24/h6-7,19H,4-5,8H2,1-3H3. The van der Waals surface area contributed by atoms with Crippen molar-refractivity contribution in [3.63, 3.8) is 0 Å². The lowest BCUT2D eigenvalue weighted by molar-refractivity contribution is -0.117. The van der Waals surface area contributed by atoms with E-state index in [4.69, 9.17) is 11.6 Å². The number of hydrogen-bond donors (Lipinski definition) is 1.